The van der Waals surface area contributed by atoms with E-state index in [1.54, 1.807) is 4.90 Å². The van der Waals surface area contributed by atoms with Gasteiger partial charge >= 0.3 is 0 Å². The quantitative estimate of drug-likeness (QED) is 0.899. The fourth-order valence-electron chi connectivity index (χ4n) is 3.33. The Hall–Kier alpha value is -2.14. The number of H-pyrrole nitrogens is 1. The van der Waals surface area contributed by atoms with E-state index in [0.29, 0.717) is 12.5 Å². The molecule has 5 nitrogen and oxygen atoms in total. The smallest absolute Gasteiger partial charge is 0.254 e. The number of amides is 1. The molecular weight excluding hydrogens is 312 g/mol. The van der Waals surface area contributed by atoms with Crippen molar-refractivity contribution in [3.05, 3.63) is 52.8 Å². The van der Waals surface area contributed by atoms with Crippen molar-refractivity contribution < 1.29 is 4.79 Å². The molecule has 0 bridgehead atoms. The predicted molar refractivity (Wildman–Crippen MR) is 99.8 cm³/mol. The van der Waals surface area contributed by atoms with Gasteiger partial charge in [0, 0.05) is 24.6 Å². The summed E-state index contributed by atoms with van der Waals surface area (Å²) >= 11 is 0. The second-order valence-corrected chi connectivity index (χ2v) is 7.97. The molecule has 2 aromatic rings. The van der Waals surface area contributed by atoms with Gasteiger partial charge in [-0.25, -0.2) is 0 Å². The van der Waals surface area contributed by atoms with Crippen molar-refractivity contribution in [1.82, 2.24) is 20.4 Å². The maximum atomic E-state index is 13.0. The molecule has 0 aliphatic carbocycles. The molecule has 0 unspecified atom stereocenters. The summed E-state index contributed by atoms with van der Waals surface area (Å²) in [6, 6.07) is 10.1. The summed E-state index contributed by atoms with van der Waals surface area (Å²) in [5, 5.41) is 10.8. The van der Waals surface area contributed by atoms with E-state index >= 15 is 0 Å². The molecule has 2 N–H and O–H groups in total. The summed E-state index contributed by atoms with van der Waals surface area (Å²) in [6.07, 6.45) is 1.09. The van der Waals surface area contributed by atoms with Gasteiger partial charge in [0.15, 0.2) is 0 Å². The van der Waals surface area contributed by atoms with Crippen LogP contribution in [0.1, 0.15) is 60.4 Å². The molecule has 1 amide bonds. The molecule has 1 fully saturated rings. The molecule has 2 heterocycles. The fraction of sp³-hybridized carbons (Fsp3) is 0.500. The van der Waals surface area contributed by atoms with Crippen molar-refractivity contribution in [2.24, 2.45) is 0 Å². The summed E-state index contributed by atoms with van der Waals surface area (Å²) in [6.45, 7) is 8.89. The third-order valence-electron chi connectivity index (χ3n) is 4.84. The van der Waals surface area contributed by atoms with Crippen LogP contribution < -0.4 is 5.32 Å². The van der Waals surface area contributed by atoms with Crippen LogP contribution in [0.4, 0.5) is 0 Å². The zero-order valence-corrected chi connectivity index (χ0v) is 15.6. The molecule has 1 aliphatic rings. The van der Waals surface area contributed by atoms with E-state index in [1.165, 1.54) is 0 Å². The molecule has 25 heavy (non-hydrogen) atoms. The van der Waals surface area contributed by atoms with Gasteiger partial charge in [-0.2, -0.15) is 5.10 Å². The van der Waals surface area contributed by atoms with E-state index in [1.807, 2.05) is 25.2 Å². The Morgan fingerprint density at radius 2 is 2.08 bits per heavy atom. The summed E-state index contributed by atoms with van der Waals surface area (Å²) in [7, 11) is 1.85. The zero-order chi connectivity index (χ0) is 18.0. The van der Waals surface area contributed by atoms with Crippen LogP contribution in [0.25, 0.3) is 0 Å². The lowest BCUT2D eigenvalue weighted by Gasteiger charge is -2.20. The minimum Gasteiger partial charge on any atom is -0.336 e. The molecule has 3 rings (SSSR count). The maximum Gasteiger partial charge on any atom is 0.254 e. The van der Waals surface area contributed by atoms with Crippen LogP contribution in [0.3, 0.4) is 0 Å². The van der Waals surface area contributed by atoms with E-state index < -0.39 is 0 Å². The van der Waals surface area contributed by atoms with Crippen molar-refractivity contribution in [2.75, 3.05) is 20.1 Å². The lowest BCUT2D eigenvalue weighted by atomic mass is 9.92. The van der Waals surface area contributed by atoms with Gasteiger partial charge in [-0.05, 0) is 36.6 Å². The predicted octanol–water partition coefficient (Wildman–Crippen LogP) is 3.06. The van der Waals surface area contributed by atoms with E-state index in [0.717, 1.165) is 42.0 Å². The number of aromatic amines is 1. The fourth-order valence-corrected chi connectivity index (χ4v) is 3.33. The second-order valence-electron chi connectivity index (χ2n) is 7.97. The van der Waals surface area contributed by atoms with Gasteiger partial charge in [-0.1, -0.05) is 39.0 Å². The SMILES string of the molecule is CN(Cc1cc(C(C)(C)C)n[nH]1)C(=O)c1ccccc1[C@H]1CCNC1. The summed E-state index contributed by atoms with van der Waals surface area (Å²) in [5.74, 6) is 0.489. The van der Waals surface area contributed by atoms with Gasteiger partial charge in [-0.15, -0.1) is 0 Å². The lowest BCUT2D eigenvalue weighted by molar-refractivity contribution is 0.0782. The molecule has 1 saturated heterocycles. The molecule has 1 aromatic carbocycles. The normalized spacial score (nSPS) is 17.7. The molecule has 134 valence electrons. The standard InChI is InChI=1S/C20H28N4O/c1-20(2,3)18-11-15(22-23-18)13-24(4)19(25)17-8-6-5-7-16(17)14-9-10-21-12-14/h5-8,11,14,21H,9-10,12-13H2,1-4H3,(H,22,23)/t14-/m0/s1. The maximum absolute atomic E-state index is 13.0. The Bertz CT molecular complexity index is 738. The Morgan fingerprint density at radius 1 is 1.32 bits per heavy atom. The molecule has 5 heteroatoms. The average Bonchev–Trinajstić information content (AvgIpc) is 3.25. The monoisotopic (exact) mass is 340 g/mol. The number of aromatic nitrogens is 2. The van der Waals surface area contributed by atoms with Crippen LogP contribution in [-0.4, -0.2) is 41.1 Å². The van der Waals surface area contributed by atoms with E-state index in [-0.39, 0.29) is 11.3 Å². The highest BCUT2D eigenvalue weighted by Gasteiger charge is 2.24. The summed E-state index contributed by atoms with van der Waals surface area (Å²) in [5.41, 5.74) is 3.94. The number of carbonyl (C=O) groups excluding carboxylic acids is 1. The minimum absolute atomic E-state index is 0.000592. The first kappa shape index (κ1) is 17.7. The van der Waals surface area contributed by atoms with Crippen LogP contribution in [0.15, 0.2) is 30.3 Å². The third kappa shape index (κ3) is 3.93. The number of hydrogen-bond acceptors (Lipinski definition) is 3. The number of benzene rings is 1. The summed E-state index contributed by atoms with van der Waals surface area (Å²) in [4.78, 5) is 14.8. The first-order valence-corrected chi connectivity index (χ1v) is 8.96. The van der Waals surface area contributed by atoms with E-state index in [9.17, 15) is 4.79 Å². The Balaban J connectivity index is 1.76. The zero-order valence-electron chi connectivity index (χ0n) is 15.6. The molecule has 0 radical (unpaired) electrons. The van der Waals surface area contributed by atoms with Crippen molar-refractivity contribution in [2.45, 2.75) is 45.1 Å². The molecular formula is C20H28N4O. The average molecular weight is 340 g/mol. The second kappa shape index (κ2) is 7.00. The van der Waals surface area contributed by atoms with Crippen LogP contribution in [-0.2, 0) is 12.0 Å². The van der Waals surface area contributed by atoms with Crippen molar-refractivity contribution in [1.29, 1.82) is 0 Å². The highest BCUT2D eigenvalue weighted by atomic mass is 16.2. The number of rotatable bonds is 4. The minimum atomic E-state index is -0.000592. The van der Waals surface area contributed by atoms with Crippen molar-refractivity contribution in [3.63, 3.8) is 0 Å². The van der Waals surface area contributed by atoms with Crippen molar-refractivity contribution in [3.8, 4) is 0 Å². The van der Waals surface area contributed by atoms with Gasteiger partial charge in [0.2, 0.25) is 0 Å². The Labute approximate surface area is 149 Å². The molecule has 1 aliphatic heterocycles. The van der Waals surface area contributed by atoms with Gasteiger partial charge in [0.25, 0.3) is 5.91 Å². The lowest BCUT2D eigenvalue weighted by Crippen LogP contribution is -2.28. The largest absolute Gasteiger partial charge is 0.336 e. The first-order chi connectivity index (χ1) is 11.9. The number of hydrogen-bond donors (Lipinski definition) is 2. The van der Waals surface area contributed by atoms with Crippen LogP contribution in [0.5, 0.6) is 0 Å². The van der Waals surface area contributed by atoms with Gasteiger partial charge < -0.3 is 10.2 Å². The molecule has 0 spiro atoms. The van der Waals surface area contributed by atoms with Crippen LogP contribution in [0, 0.1) is 0 Å². The van der Waals surface area contributed by atoms with E-state index in [4.69, 9.17) is 0 Å². The highest BCUT2D eigenvalue weighted by Crippen LogP contribution is 2.27. The molecule has 1 atom stereocenters. The number of carbonyl (C=O) groups is 1. The van der Waals surface area contributed by atoms with Crippen molar-refractivity contribution >= 4 is 5.91 Å². The molecule has 0 saturated carbocycles. The highest BCUT2D eigenvalue weighted by molar-refractivity contribution is 5.95. The third-order valence-corrected chi connectivity index (χ3v) is 4.84. The van der Waals surface area contributed by atoms with Gasteiger partial charge in [0.1, 0.15) is 0 Å². The summed E-state index contributed by atoms with van der Waals surface area (Å²) < 4.78 is 0. The van der Waals surface area contributed by atoms with Gasteiger partial charge in [0.05, 0.1) is 17.9 Å². The first-order valence-electron chi connectivity index (χ1n) is 8.96. The Morgan fingerprint density at radius 3 is 2.72 bits per heavy atom. The van der Waals surface area contributed by atoms with Crippen LogP contribution in [0.2, 0.25) is 0 Å². The molecule has 1 aromatic heterocycles. The van der Waals surface area contributed by atoms with E-state index in [2.05, 4.69) is 48.4 Å². The number of nitrogens with zero attached hydrogens (tertiary/aromatic N) is 2. The Kier molecular flexibility index (Phi) is 4.95. The number of nitrogens with one attached hydrogen (secondary N) is 2. The topological polar surface area (TPSA) is 61.0 Å². The van der Waals surface area contributed by atoms with Gasteiger partial charge in [-0.3, -0.25) is 9.89 Å². The van der Waals surface area contributed by atoms with Crippen LogP contribution >= 0.6 is 0 Å².